The Bertz CT molecular complexity index is 241. The number of nitrogens with zero attached hydrogens (tertiary/aromatic N) is 2. The highest BCUT2D eigenvalue weighted by molar-refractivity contribution is 5.67. The topological polar surface area (TPSA) is 43.8 Å². The molecule has 1 rings (SSSR count). The molecular formula is C12H24N2O2. The van der Waals surface area contributed by atoms with Crippen molar-refractivity contribution in [2.75, 3.05) is 19.6 Å². The minimum Gasteiger partial charge on any atom is -0.481 e. The van der Waals surface area contributed by atoms with Crippen molar-refractivity contribution in [3.05, 3.63) is 0 Å². The first-order valence-corrected chi connectivity index (χ1v) is 6.13. The van der Waals surface area contributed by atoms with E-state index in [1.165, 1.54) is 0 Å². The fraction of sp³-hybridized carbons (Fsp3) is 0.917. The molecule has 1 aliphatic rings. The molecule has 1 fully saturated rings. The van der Waals surface area contributed by atoms with Crippen molar-refractivity contribution in [2.24, 2.45) is 0 Å². The standard InChI is InChI=1S/C12H24N2O2/c1-9(2)13-5-6-14(10(3)4)11(8-13)7-12(15)16/h9-11H,5-8H2,1-4H3,(H,15,16). The van der Waals surface area contributed by atoms with Crippen LogP contribution in [0.25, 0.3) is 0 Å². The van der Waals surface area contributed by atoms with Crippen LogP contribution in [0.15, 0.2) is 0 Å². The molecular weight excluding hydrogens is 204 g/mol. The maximum atomic E-state index is 10.9. The van der Waals surface area contributed by atoms with E-state index >= 15 is 0 Å². The quantitative estimate of drug-likeness (QED) is 0.787. The largest absolute Gasteiger partial charge is 0.481 e. The Hall–Kier alpha value is -0.610. The zero-order chi connectivity index (χ0) is 12.3. The molecule has 0 spiro atoms. The Morgan fingerprint density at radius 3 is 2.31 bits per heavy atom. The summed E-state index contributed by atoms with van der Waals surface area (Å²) < 4.78 is 0. The van der Waals surface area contributed by atoms with Gasteiger partial charge >= 0.3 is 5.97 Å². The summed E-state index contributed by atoms with van der Waals surface area (Å²) in [5, 5.41) is 8.94. The summed E-state index contributed by atoms with van der Waals surface area (Å²) in [6.45, 7) is 11.5. The second-order valence-electron chi connectivity index (χ2n) is 5.17. The highest BCUT2D eigenvalue weighted by Gasteiger charge is 2.30. The third-order valence-electron chi connectivity index (χ3n) is 3.36. The lowest BCUT2D eigenvalue weighted by molar-refractivity contribution is -0.139. The molecule has 1 heterocycles. The van der Waals surface area contributed by atoms with Gasteiger partial charge in [0.05, 0.1) is 6.42 Å². The SMILES string of the molecule is CC(C)N1CCN(C(C)C)C(CC(=O)O)C1. The lowest BCUT2D eigenvalue weighted by Gasteiger charge is -2.44. The summed E-state index contributed by atoms with van der Waals surface area (Å²) >= 11 is 0. The molecule has 0 aromatic heterocycles. The number of aliphatic carboxylic acids is 1. The summed E-state index contributed by atoms with van der Waals surface area (Å²) in [5.41, 5.74) is 0. The summed E-state index contributed by atoms with van der Waals surface area (Å²) in [6.07, 6.45) is 0.251. The molecule has 0 amide bonds. The first kappa shape index (κ1) is 13.5. The third kappa shape index (κ3) is 3.46. The number of rotatable bonds is 4. The monoisotopic (exact) mass is 228 g/mol. The zero-order valence-electron chi connectivity index (χ0n) is 10.8. The van der Waals surface area contributed by atoms with Gasteiger partial charge in [-0.1, -0.05) is 0 Å². The van der Waals surface area contributed by atoms with E-state index in [2.05, 4.69) is 37.5 Å². The van der Waals surface area contributed by atoms with Gasteiger partial charge in [0.15, 0.2) is 0 Å². The highest BCUT2D eigenvalue weighted by atomic mass is 16.4. The van der Waals surface area contributed by atoms with Gasteiger partial charge in [0.2, 0.25) is 0 Å². The van der Waals surface area contributed by atoms with Crippen molar-refractivity contribution in [1.29, 1.82) is 0 Å². The Morgan fingerprint density at radius 1 is 1.25 bits per heavy atom. The molecule has 1 N–H and O–H groups in total. The summed E-state index contributed by atoms with van der Waals surface area (Å²) in [4.78, 5) is 15.5. The number of piperazine rings is 1. The van der Waals surface area contributed by atoms with Gasteiger partial charge in [0, 0.05) is 37.8 Å². The van der Waals surface area contributed by atoms with E-state index in [0.29, 0.717) is 12.1 Å². The predicted octanol–water partition coefficient (Wildman–Crippen LogP) is 1.26. The number of hydrogen-bond acceptors (Lipinski definition) is 3. The lowest BCUT2D eigenvalue weighted by Crippen LogP contribution is -2.57. The van der Waals surface area contributed by atoms with Crippen LogP contribution in [-0.2, 0) is 4.79 Å². The number of carbonyl (C=O) groups is 1. The molecule has 0 bridgehead atoms. The van der Waals surface area contributed by atoms with Gasteiger partial charge in [-0.25, -0.2) is 0 Å². The average molecular weight is 228 g/mol. The van der Waals surface area contributed by atoms with Crippen LogP contribution in [0, 0.1) is 0 Å². The Balaban J connectivity index is 2.65. The first-order valence-electron chi connectivity index (χ1n) is 6.13. The van der Waals surface area contributed by atoms with Crippen LogP contribution in [0.5, 0.6) is 0 Å². The molecule has 1 aliphatic heterocycles. The Kier molecular flexibility index (Phi) is 4.74. The third-order valence-corrected chi connectivity index (χ3v) is 3.36. The zero-order valence-corrected chi connectivity index (χ0v) is 10.8. The van der Waals surface area contributed by atoms with Crippen molar-refractivity contribution >= 4 is 5.97 Å². The maximum absolute atomic E-state index is 10.9. The Labute approximate surface area is 98.2 Å². The van der Waals surface area contributed by atoms with E-state index in [1.54, 1.807) is 0 Å². The van der Waals surface area contributed by atoms with E-state index in [4.69, 9.17) is 5.11 Å². The van der Waals surface area contributed by atoms with Crippen molar-refractivity contribution < 1.29 is 9.90 Å². The maximum Gasteiger partial charge on any atom is 0.304 e. The number of hydrogen-bond donors (Lipinski definition) is 1. The van der Waals surface area contributed by atoms with Crippen LogP contribution in [0.4, 0.5) is 0 Å². The van der Waals surface area contributed by atoms with E-state index in [0.717, 1.165) is 19.6 Å². The molecule has 4 heteroatoms. The van der Waals surface area contributed by atoms with Gasteiger partial charge in [-0.15, -0.1) is 0 Å². The van der Waals surface area contributed by atoms with Gasteiger partial charge < -0.3 is 5.11 Å². The minimum atomic E-state index is -0.693. The number of carboxylic acid groups (broad SMARTS) is 1. The predicted molar refractivity (Wildman–Crippen MR) is 64.6 cm³/mol. The fourth-order valence-electron chi connectivity index (χ4n) is 2.43. The van der Waals surface area contributed by atoms with Crippen molar-refractivity contribution in [1.82, 2.24) is 9.80 Å². The molecule has 0 radical (unpaired) electrons. The lowest BCUT2D eigenvalue weighted by atomic mass is 10.1. The van der Waals surface area contributed by atoms with Crippen LogP contribution in [0.3, 0.4) is 0 Å². The molecule has 0 aromatic carbocycles. The van der Waals surface area contributed by atoms with Crippen molar-refractivity contribution in [3.8, 4) is 0 Å². The summed E-state index contributed by atoms with van der Waals surface area (Å²) in [5.74, 6) is -0.693. The molecule has 94 valence electrons. The first-order chi connectivity index (χ1) is 7.41. The second kappa shape index (κ2) is 5.64. The molecule has 16 heavy (non-hydrogen) atoms. The van der Waals surface area contributed by atoms with Crippen molar-refractivity contribution in [2.45, 2.75) is 52.2 Å². The average Bonchev–Trinajstić information content (AvgIpc) is 2.15. The second-order valence-corrected chi connectivity index (χ2v) is 5.17. The van der Waals surface area contributed by atoms with E-state index in [-0.39, 0.29) is 12.5 Å². The molecule has 0 aliphatic carbocycles. The van der Waals surface area contributed by atoms with Gasteiger partial charge in [-0.05, 0) is 27.7 Å². The smallest absolute Gasteiger partial charge is 0.304 e. The molecule has 4 nitrogen and oxygen atoms in total. The van der Waals surface area contributed by atoms with Crippen LogP contribution >= 0.6 is 0 Å². The summed E-state index contributed by atoms with van der Waals surface area (Å²) in [6, 6.07) is 1.10. The minimum absolute atomic E-state index is 0.161. The van der Waals surface area contributed by atoms with Crippen LogP contribution in [-0.4, -0.2) is 58.6 Å². The Morgan fingerprint density at radius 2 is 1.88 bits per heavy atom. The molecule has 1 atom stereocenters. The normalized spacial score (nSPS) is 24.2. The van der Waals surface area contributed by atoms with Gasteiger partial charge in [0.25, 0.3) is 0 Å². The molecule has 1 saturated heterocycles. The van der Waals surface area contributed by atoms with Gasteiger partial charge in [0.1, 0.15) is 0 Å². The highest BCUT2D eigenvalue weighted by Crippen LogP contribution is 2.17. The number of carboxylic acids is 1. The van der Waals surface area contributed by atoms with Crippen molar-refractivity contribution in [3.63, 3.8) is 0 Å². The molecule has 0 saturated carbocycles. The van der Waals surface area contributed by atoms with E-state index in [1.807, 2.05) is 0 Å². The van der Waals surface area contributed by atoms with E-state index in [9.17, 15) is 4.79 Å². The van der Waals surface area contributed by atoms with Crippen LogP contribution in [0.2, 0.25) is 0 Å². The summed E-state index contributed by atoms with van der Waals surface area (Å²) in [7, 11) is 0. The van der Waals surface area contributed by atoms with Gasteiger partial charge in [-0.3, -0.25) is 14.6 Å². The molecule has 1 unspecified atom stereocenters. The van der Waals surface area contributed by atoms with Crippen LogP contribution < -0.4 is 0 Å². The molecule has 0 aromatic rings. The van der Waals surface area contributed by atoms with Gasteiger partial charge in [-0.2, -0.15) is 0 Å². The van der Waals surface area contributed by atoms with E-state index < -0.39 is 5.97 Å². The fourth-order valence-corrected chi connectivity index (χ4v) is 2.43. The van der Waals surface area contributed by atoms with Crippen LogP contribution in [0.1, 0.15) is 34.1 Å².